The summed E-state index contributed by atoms with van der Waals surface area (Å²) in [7, 11) is 0. The van der Waals surface area contributed by atoms with E-state index in [1.807, 2.05) is 24.3 Å². The molecule has 1 aliphatic heterocycles. The van der Waals surface area contributed by atoms with E-state index in [1.54, 1.807) is 0 Å². The maximum Gasteiger partial charge on any atom is 0.326 e. The summed E-state index contributed by atoms with van der Waals surface area (Å²) in [5.74, 6) is -2.16. The first-order chi connectivity index (χ1) is 15.1. The molecule has 6 rings (SSSR count). The highest BCUT2D eigenvalue weighted by Gasteiger charge is 2.61. The fourth-order valence-electron chi connectivity index (χ4n) is 5.78. The van der Waals surface area contributed by atoms with Gasteiger partial charge in [0.1, 0.15) is 6.54 Å². The summed E-state index contributed by atoms with van der Waals surface area (Å²) in [4.78, 5) is 40.3. The molecule has 3 aliphatic carbocycles. The number of ether oxygens (including phenoxy) is 1. The molecule has 2 aromatic rings. The molecule has 5 nitrogen and oxygen atoms in total. The molecule has 160 valence electrons. The van der Waals surface area contributed by atoms with Crippen LogP contribution in [0.4, 0.5) is 0 Å². The molecule has 2 bridgehead atoms. The first-order valence-electron chi connectivity index (χ1n) is 11.3. The van der Waals surface area contributed by atoms with Gasteiger partial charge >= 0.3 is 5.97 Å². The summed E-state index contributed by atoms with van der Waals surface area (Å²) in [6.07, 6.45) is 4.03. The third kappa shape index (κ3) is 3.10. The Morgan fingerprint density at radius 2 is 1.29 bits per heavy atom. The average Bonchev–Trinajstić information content (AvgIpc) is 3.04. The molecule has 0 aromatic heterocycles. The zero-order valence-electron chi connectivity index (χ0n) is 17.8. The number of carbonyl (C=O) groups is 3. The summed E-state index contributed by atoms with van der Waals surface area (Å²) in [5.41, 5.74) is 4.53. The fraction of sp³-hybridized carbons (Fsp3) is 0.423. The molecule has 2 atom stereocenters. The number of carbonyl (C=O) groups excluding carboxylic acids is 3. The lowest BCUT2D eigenvalue weighted by Crippen LogP contribution is -2.41. The van der Waals surface area contributed by atoms with Gasteiger partial charge < -0.3 is 4.74 Å². The van der Waals surface area contributed by atoms with Crippen molar-refractivity contribution in [3.05, 3.63) is 70.8 Å². The summed E-state index contributed by atoms with van der Waals surface area (Å²) < 4.78 is 5.31. The minimum atomic E-state index is -0.501. The molecule has 31 heavy (non-hydrogen) atoms. The van der Waals surface area contributed by atoms with Crippen LogP contribution < -0.4 is 0 Å². The molecule has 2 aromatic carbocycles. The third-order valence-electron chi connectivity index (χ3n) is 7.09. The number of hydrogen-bond acceptors (Lipinski definition) is 4. The molecule has 0 saturated carbocycles. The molecule has 5 heteroatoms. The van der Waals surface area contributed by atoms with Crippen molar-refractivity contribution in [1.82, 2.24) is 4.90 Å². The van der Waals surface area contributed by atoms with Crippen LogP contribution in [0.5, 0.6) is 0 Å². The Kier molecular flexibility index (Phi) is 5.12. The van der Waals surface area contributed by atoms with Crippen molar-refractivity contribution in [2.24, 2.45) is 11.8 Å². The number of rotatable bonds is 7. The van der Waals surface area contributed by atoms with Gasteiger partial charge in [-0.05, 0) is 28.7 Å². The van der Waals surface area contributed by atoms with Gasteiger partial charge in [0.15, 0.2) is 0 Å². The van der Waals surface area contributed by atoms with Crippen molar-refractivity contribution in [1.29, 1.82) is 0 Å². The fourth-order valence-corrected chi connectivity index (χ4v) is 5.78. The van der Waals surface area contributed by atoms with E-state index in [0.29, 0.717) is 6.61 Å². The van der Waals surface area contributed by atoms with Crippen LogP contribution in [-0.4, -0.2) is 35.8 Å². The van der Waals surface area contributed by atoms with Crippen molar-refractivity contribution in [2.75, 3.05) is 13.2 Å². The second-order valence-corrected chi connectivity index (χ2v) is 8.81. The van der Waals surface area contributed by atoms with Gasteiger partial charge in [-0.2, -0.15) is 0 Å². The third-order valence-corrected chi connectivity index (χ3v) is 7.09. The first kappa shape index (κ1) is 20.0. The molecule has 1 fully saturated rings. The van der Waals surface area contributed by atoms with E-state index in [0.717, 1.165) is 52.8 Å². The van der Waals surface area contributed by atoms with Crippen LogP contribution in [0.25, 0.3) is 0 Å². The van der Waals surface area contributed by atoms with Crippen LogP contribution in [0.15, 0.2) is 48.5 Å². The Labute approximate surface area is 182 Å². The average molecular weight is 418 g/mol. The van der Waals surface area contributed by atoms with Gasteiger partial charge in [0.05, 0.1) is 18.4 Å². The number of imide groups is 1. The predicted molar refractivity (Wildman–Crippen MR) is 115 cm³/mol. The van der Waals surface area contributed by atoms with Gasteiger partial charge in [-0.25, -0.2) is 0 Å². The van der Waals surface area contributed by atoms with Gasteiger partial charge in [-0.3, -0.25) is 19.3 Å². The van der Waals surface area contributed by atoms with Crippen LogP contribution >= 0.6 is 0 Å². The van der Waals surface area contributed by atoms with E-state index in [4.69, 9.17) is 4.74 Å². The van der Waals surface area contributed by atoms with E-state index in [2.05, 4.69) is 31.2 Å². The first-order valence-corrected chi connectivity index (χ1v) is 11.3. The molecule has 1 saturated heterocycles. The maximum absolute atomic E-state index is 13.4. The number of hydrogen-bond donors (Lipinski definition) is 0. The minimum absolute atomic E-state index is 0.145. The molecule has 4 aliphatic rings. The molecule has 1 heterocycles. The van der Waals surface area contributed by atoms with Crippen molar-refractivity contribution in [3.8, 4) is 0 Å². The lowest BCUT2D eigenvalue weighted by molar-refractivity contribution is -0.153. The Morgan fingerprint density at radius 3 is 1.74 bits per heavy atom. The predicted octanol–water partition coefficient (Wildman–Crippen LogP) is 4.00. The largest absolute Gasteiger partial charge is 0.464 e. The lowest BCUT2D eigenvalue weighted by Gasteiger charge is -2.45. The van der Waals surface area contributed by atoms with Gasteiger partial charge in [0, 0.05) is 11.8 Å². The molecule has 0 unspecified atom stereocenters. The Balaban J connectivity index is 1.40. The number of benzene rings is 2. The second-order valence-electron chi connectivity index (χ2n) is 8.81. The van der Waals surface area contributed by atoms with Crippen molar-refractivity contribution in [3.63, 3.8) is 0 Å². The van der Waals surface area contributed by atoms with Gasteiger partial charge in [0.25, 0.3) is 0 Å². The number of esters is 1. The van der Waals surface area contributed by atoms with Gasteiger partial charge in [0.2, 0.25) is 11.8 Å². The topological polar surface area (TPSA) is 63.7 Å². The number of likely N-dealkylation sites (tertiary alicyclic amines) is 1. The summed E-state index contributed by atoms with van der Waals surface area (Å²) >= 11 is 0. The van der Waals surface area contributed by atoms with Gasteiger partial charge in [-0.15, -0.1) is 0 Å². The highest BCUT2D eigenvalue weighted by Crippen LogP contribution is 2.60. The number of amides is 2. The monoisotopic (exact) mass is 417 g/mol. The number of unbranched alkanes of at least 4 members (excludes halogenated alkanes) is 3. The number of nitrogens with zero attached hydrogens (tertiary/aromatic N) is 1. The standard InChI is InChI=1S/C26H27NO4/c1-2-3-4-9-14-31-20(28)15-27-25(29)23-21-16-10-5-6-11-17(16)22(24(23)26(27)30)19-13-8-7-12-18(19)21/h5-8,10-13,21-24H,2-4,9,14-15H2,1H3/t21?,22?,23-,24-/m1/s1. The Morgan fingerprint density at radius 1 is 0.806 bits per heavy atom. The van der Waals surface area contributed by atoms with Crippen LogP contribution in [0.1, 0.15) is 66.7 Å². The summed E-state index contributed by atoms with van der Waals surface area (Å²) in [6.45, 7) is 2.17. The minimum Gasteiger partial charge on any atom is -0.464 e. The maximum atomic E-state index is 13.4. The summed E-state index contributed by atoms with van der Waals surface area (Å²) in [5, 5.41) is 0. The molecule has 0 radical (unpaired) electrons. The molecule has 2 amide bonds. The summed E-state index contributed by atoms with van der Waals surface area (Å²) in [6, 6.07) is 16.3. The smallest absolute Gasteiger partial charge is 0.326 e. The molecular weight excluding hydrogens is 390 g/mol. The van der Waals surface area contributed by atoms with Crippen LogP contribution in [0, 0.1) is 11.8 Å². The quantitative estimate of drug-likeness (QED) is 0.388. The van der Waals surface area contributed by atoms with Crippen molar-refractivity contribution in [2.45, 2.75) is 44.4 Å². The van der Waals surface area contributed by atoms with Crippen LogP contribution in [-0.2, 0) is 19.1 Å². The van der Waals surface area contributed by atoms with Crippen LogP contribution in [0.3, 0.4) is 0 Å². The van der Waals surface area contributed by atoms with E-state index >= 15 is 0 Å². The molecular formula is C26H27NO4. The lowest BCUT2D eigenvalue weighted by atomic mass is 9.55. The normalized spacial score (nSPS) is 25.3. The highest BCUT2D eigenvalue weighted by molar-refractivity contribution is 6.09. The zero-order chi connectivity index (χ0) is 21.5. The zero-order valence-corrected chi connectivity index (χ0v) is 17.8. The molecule has 0 N–H and O–H groups in total. The Hall–Kier alpha value is -2.95. The van der Waals surface area contributed by atoms with Crippen molar-refractivity contribution >= 4 is 17.8 Å². The molecule has 0 spiro atoms. The SMILES string of the molecule is CCCCCCOC(=O)CN1C(=O)[C@@H]2C3c4ccccc4C(c4ccccc43)[C@H]2C1=O. The van der Waals surface area contributed by atoms with E-state index in [-0.39, 0.29) is 30.2 Å². The van der Waals surface area contributed by atoms with Gasteiger partial charge in [-0.1, -0.05) is 74.7 Å². The highest BCUT2D eigenvalue weighted by atomic mass is 16.5. The van der Waals surface area contributed by atoms with E-state index < -0.39 is 17.8 Å². The van der Waals surface area contributed by atoms with Crippen molar-refractivity contribution < 1.29 is 19.1 Å². The van der Waals surface area contributed by atoms with E-state index in [9.17, 15) is 14.4 Å². The Bertz CT molecular complexity index is 930. The van der Waals surface area contributed by atoms with E-state index in [1.165, 1.54) is 0 Å². The van der Waals surface area contributed by atoms with Crippen LogP contribution in [0.2, 0.25) is 0 Å². The second kappa shape index (κ2) is 7.95.